The van der Waals surface area contributed by atoms with Crippen LogP contribution < -0.4 is 10.1 Å². The fraction of sp³-hybridized carbons (Fsp3) is 0.407. The molecular weight excluding hydrogens is 506 g/mol. The van der Waals surface area contributed by atoms with E-state index in [1.807, 2.05) is 0 Å². The number of hydrogen-bond donors (Lipinski definition) is 1. The summed E-state index contributed by atoms with van der Waals surface area (Å²) in [6, 6.07) is 10.7. The van der Waals surface area contributed by atoms with Crippen molar-refractivity contribution in [3.8, 4) is 5.75 Å². The van der Waals surface area contributed by atoms with Gasteiger partial charge >= 0.3 is 6.18 Å². The first kappa shape index (κ1) is 25.9. The van der Waals surface area contributed by atoms with Gasteiger partial charge in [0.2, 0.25) is 18.0 Å². The molecule has 5 rings (SSSR count). The van der Waals surface area contributed by atoms with Gasteiger partial charge in [0.1, 0.15) is 11.6 Å². The van der Waals surface area contributed by atoms with Gasteiger partial charge < -0.3 is 10.1 Å². The van der Waals surface area contributed by atoms with Crippen LogP contribution in [0, 0.1) is 23.6 Å². The highest BCUT2D eigenvalue weighted by molar-refractivity contribution is 6.21. The molecule has 0 spiro atoms. The number of ether oxygens (including phenoxy) is 1. The standard InChI is InChI=1S/C27H25F4N3O4/c1-38-16-5-2-4-15(13-16)21-18-6-3-7-20(28)22(18)33-24(35)23(32-21)34-25(36)17(10-11-27(29,30)31)19(26(34)37)12-14-8-9-14/h2-7,13-14,17,19,23H,8-12H2,1H3,(H,33,35)/t17-,19+,23+/m1/s1. The van der Waals surface area contributed by atoms with Gasteiger partial charge in [0.05, 0.1) is 30.3 Å². The summed E-state index contributed by atoms with van der Waals surface area (Å²) in [5.41, 5.74) is 0.597. The molecule has 11 heteroatoms. The van der Waals surface area contributed by atoms with Crippen molar-refractivity contribution in [3.63, 3.8) is 0 Å². The molecule has 1 N–H and O–H groups in total. The molecule has 1 saturated heterocycles. The lowest BCUT2D eigenvalue weighted by Gasteiger charge is -2.22. The number of fused-ring (bicyclic) bond motifs is 1. The van der Waals surface area contributed by atoms with E-state index in [0.29, 0.717) is 16.2 Å². The first-order valence-corrected chi connectivity index (χ1v) is 12.3. The summed E-state index contributed by atoms with van der Waals surface area (Å²) in [7, 11) is 1.46. The Morgan fingerprint density at radius 2 is 1.76 bits per heavy atom. The highest BCUT2D eigenvalue weighted by atomic mass is 19.4. The molecule has 0 aromatic heterocycles. The Bertz CT molecular complexity index is 1320. The largest absolute Gasteiger partial charge is 0.497 e. The zero-order chi connectivity index (χ0) is 27.2. The van der Waals surface area contributed by atoms with Gasteiger partial charge in [-0.3, -0.25) is 14.4 Å². The van der Waals surface area contributed by atoms with E-state index in [1.54, 1.807) is 24.3 Å². The molecule has 2 aromatic rings. The summed E-state index contributed by atoms with van der Waals surface area (Å²) in [6.07, 6.45) is -6.06. The zero-order valence-electron chi connectivity index (χ0n) is 20.4. The average Bonchev–Trinajstić information content (AvgIpc) is 3.68. The van der Waals surface area contributed by atoms with Gasteiger partial charge in [0.15, 0.2) is 0 Å². The zero-order valence-corrected chi connectivity index (χ0v) is 20.4. The predicted octanol–water partition coefficient (Wildman–Crippen LogP) is 4.69. The van der Waals surface area contributed by atoms with Crippen LogP contribution in [-0.2, 0) is 14.4 Å². The number of amides is 3. The second-order valence-corrected chi connectivity index (χ2v) is 9.83. The summed E-state index contributed by atoms with van der Waals surface area (Å²) < 4.78 is 59.3. The molecule has 0 bridgehead atoms. The molecule has 2 heterocycles. The molecule has 3 aliphatic rings. The fourth-order valence-electron chi connectivity index (χ4n) is 5.13. The summed E-state index contributed by atoms with van der Waals surface area (Å²) in [4.78, 5) is 45.5. The number of carbonyl (C=O) groups excluding carboxylic acids is 3. The molecule has 2 fully saturated rings. The number of benzene rings is 2. The molecule has 38 heavy (non-hydrogen) atoms. The van der Waals surface area contributed by atoms with E-state index in [4.69, 9.17) is 4.74 Å². The number of nitrogens with zero attached hydrogens (tertiary/aromatic N) is 2. The van der Waals surface area contributed by atoms with Crippen LogP contribution in [0.15, 0.2) is 47.5 Å². The number of imide groups is 1. The second-order valence-electron chi connectivity index (χ2n) is 9.83. The number of alkyl halides is 3. The van der Waals surface area contributed by atoms with Crippen LogP contribution in [0.5, 0.6) is 5.75 Å². The molecule has 1 saturated carbocycles. The van der Waals surface area contributed by atoms with Crippen molar-refractivity contribution in [2.75, 3.05) is 12.4 Å². The number of nitrogens with one attached hydrogen (secondary N) is 1. The van der Waals surface area contributed by atoms with E-state index in [0.717, 1.165) is 18.9 Å². The van der Waals surface area contributed by atoms with Crippen molar-refractivity contribution in [1.82, 2.24) is 4.90 Å². The number of methoxy groups -OCH3 is 1. The Kier molecular flexibility index (Phi) is 6.70. The molecule has 3 amide bonds. The molecule has 1 aliphatic carbocycles. The summed E-state index contributed by atoms with van der Waals surface area (Å²) >= 11 is 0. The van der Waals surface area contributed by atoms with Crippen LogP contribution in [0.4, 0.5) is 23.2 Å². The maximum atomic E-state index is 14.9. The highest BCUT2D eigenvalue weighted by Gasteiger charge is 2.53. The molecule has 2 aromatic carbocycles. The minimum Gasteiger partial charge on any atom is -0.497 e. The van der Waals surface area contributed by atoms with Crippen LogP contribution >= 0.6 is 0 Å². The van der Waals surface area contributed by atoms with Crippen LogP contribution in [0.25, 0.3) is 0 Å². The van der Waals surface area contributed by atoms with Gasteiger partial charge in [-0.05, 0) is 37.0 Å². The van der Waals surface area contributed by atoms with Crippen LogP contribution in [0.1, 0.15) is 43.2 Å². The fourth-order valence-corrected chi connectivity index (χ4v) is 5.13. The number of anilines is 1. The van der Waals surface area contributed by atoms with Gasteiger partial charge in [0, 0.05) is 17.5 Å². The lowest BCUT2D eigenvalue weighted by atomic mass is 9.86. The third-order valence-corrected chi connectivity index (χ3v) is 7.21. The maximum Gasteiger partial charge on any atom is 0.389 e. The van der Waals surface area contributed by atoms with Crippen molar-refractivity contribution in [3.05, 3.63) is 59.4 Å². The second kappa shape index (κ2) is 9.85. The number of aliphatic imine (C=N–C) groups is 1. The summed E-state index contributed by atoms with van der Waals surface area (Å²) in [5.74, 6) is -4.85. The first-order chi connectivity index (χ1) is 18.1. The van der Waals surface area contributed by atoms with E-state index in [2.05, 4.69) is 10.3 Å². The normalized spacial score (nSPS) is 23.6. The number of rotatable bonds is 7. The Labute approximate surface area is 215 Å². The Morgan fingerprint density at radius 3 is 2.45 bits per heavy atom. The molecule has 0 unspecified atom stereocenters. The van der Waals surface area contributed by atoms with Crippen LogP contribution in [0.2, 0.25) is 0 Å². The minimum absolute atomic E-state index is 0.125. The number of likely N-dealkylation sites (tertiary alicyclic amines) is 1. The Hall–Kier alpha value is -3.76. The summed E-state index contributed by atoms with van der Waals surface area (Å²) in [6.45, 7) is 0. The van der Waals surface area contributed by atoms with Gasteiger partial charge in [-0.25, -0.2) is 14.3 Å². The van der Waals surface area contributed by atoms with Crippen molar-refractivity contribution in [1.29, 1.82) is 0 Å². The number of hydrogen-bond acceptors (Lipinski definition) is 5. The SMILES string of the molecule is COc1cccc(C2=N[C@@H](N3C(=O)[C@@H](CC4CC4)[C@@H](CCC(F)(F)F)C3=O)C(=O)Nc3c(F)cccc32)c1. The first-order valence-electron chi connectivity index (χ1n) is 12.3. The monoisotopic (exact) mass is 531 g/mol. The number of carbonyl (C=O) groups is 3. The summed E-state index contributed by atoms with van der Waals surface area (Å²) in [5, 5.41) is 2.44. The number of para-hydroxylation sites is 1. The molecular formula is C27H25F4N3O4. The van der Waals surface area contributed by atoms with Crippen molar-refractivity contribution >= 4 is 29.1 Å². The third kappa shape index (κ3) is 5.01. The van der Waals surface area contributed by atoms with E-state index in [9.17, 15) is 31.9 Å². The number of halogens is 4. The average molecular weight is 532 g/mol. The van der Waals surface area contributed by atoms with Crippen molar-refractivity contribution < 1.29 is 36.7 Å². The van der Waals surface area contributed by atoms with E-state index in [1.165, 1.54) is 19.2 Å². The Balaban J connectivity index is 1.58. The highest BCUT2D eigenvalue weighted by Crippen LogP contribution is 2.44. The van der Waals surface area contributed by atoms with E-state index in [-0.39, 0.29) is 29.3 Å². The molecule has 200 valence electrons. The smallest absolute Gasteiger partial charge is 0.389 e. The van der Waals surface area contributed by atoms with Crippen molar-refractivity contribution in [2.24, 2.45) is 22.7 Å². The van der Waals surface area contributed by atoms with Gasteiger partial charge in [0.25, 0.3) is 5.91 Å². The Morgan fingerprint density at radius 1 is 1.05 bits per heavy atom. The lowest BCUT2D eigenvalue weighted by Crippen LogP contribution is -2.46. The van der Waals surface area contributed by atoms with E-state index < -0.39 is 60.6 Å². The molecule has 7 nitrogen and oxygen atoms in total. The maximum absolute atomic E-state index is 14.9. The van der Waals surface area contributed by atoms with Gasteiger partial charge in [-0.15, -0.1) is 0 Å². The van der Waals surface area contributed by atoms with Crippen molar-refractivity contribution in [2.45, 2.75) is 44.4 Å². The third-order valence-electron chi connectivity index (χ3n) is 7.21. The number of benzodiazepines with no additional fused rings is 1. The van der Waals surface area contributed by atoms with Gasteiger partial charge in [-0.1, -0.05) is 37.1 Å². The predicted molar refractivity (Wildman–Crippen MR) is 129 cm³/mol. The molecule has 2 aliphatic heterocycles. The lowest BCUT2D eigenvalue weighted by molar-refractivity contribution is -0.147. The van der Waals surface area contributed by atoms with Crippen LogP contribution in [-0.4, -0.2) is 47.8 Å². The topological polar surface area (TPSA) is 88.1 Å². The van der Waals surface area contributed by atoms with E-state index >= 15 is 0 Å². The van der Waals surface area contributed by atoms with Gasteiger partial charge in [-0.2, -0.15) is 13.2 Å². The van der Waals surface area contributed by atoms with Crippen LogP contribution in [0.3, 0.4) is 0 Å². The molecule has 3 atom stereocenters. The molecule has 0 radical (unpaired) electrons. The quantitative estimate of drug-likeness (QED) is 0.415. The minimum atomic E-state index is -4.50.